The fourth-order valence-corrected chi connectivity index (χ4v) is 3.47. The van der Waals surface area contributed by atoms with E-state index in [2.05, 4.69) is 0 Å². The number of ether oxygens (including phenoxy) is 1. The summed E-state index contributed by atoms with van der Waals surface area (Å²) in [6, 6.07) is 11.2. The van der Waals surface area contributed by atoms with Crippen LogP contribution in [0.5, 0.6) is 0 Å². The second-order valence-corrected chi connectivity index (χ2v) is 7.40. The topological polar surface area (TPSA) is 76.8 Å². The maximum atomic E-state index is 12.3. The molecule has 0 atom stereocenters. The van der Waals surface area contributed by atoms with Gasteiger partial charge in [-0.15, -0.1) is 0 Å². The zero-order valence-electron chi connectivity index (χ0n) is 13.8. The van der Waals surface area contributed by atoms with Crippen LogP contribution < -0.4 is 0 Å². The van der Waals surface area contributed by atoms with Gasteiger partial charge in [0.15, 0.2) is 15.6 Å². The molecule has 2 rings (SSSR count). The zero-order valence-corrected chi connectivity index (χ0v) is 14.6. The van der Waals surface area contributed by atoms with Gasteiger partial charge in [-0.1, -0.05) is 18.2 Å². The number of methoxy groups -OCH3 is 1. The van der Waals surface area contributed by atoms with Crippen molar-refractivity contribution in [3.63, 3.8) is 0 Å². The number of rotatable bonds is 8. The monoisotopic (exact) mass is 351 g/mol. The molecule has 0 spiro atoms. The molecule has 7 heteroatoms. The molecule has 0 bridgehead atoms. The molecule has 1 heterocycles. The van der Waals surface area contributed by atoms with Crippen LogP contribution in [-0.4, -0.2) is 46.5 Å². The van der Waals surface area contributed by atoms with Crippen LogP contribution in [0.25, 0.3) is 0 Å². The van der Waals surface area contributed by atoms with E-state index in [1.54, 1.807) is 32.4 Å². The normalized spacial score (nSPS) is 11.4. The minimum absolute atomic E-state index is 0.133. The Morgan fingerprint density at radius 3 is 2.54 bits per heavy atom. The van der Waals surface area contributed by atoms with Crippen molar-refractivity contribution in [3.05, 3.63) is 54.0 Å². The number of hydrogen-bond acceptors (Lipinski definition) is 5. The number of amides is 1. The zero-order chi connectivity index (χ0) is 17.6. The predicted octanol–water partition coefficient (Wildman–Crippen LogP) is 2.36. The third-order valence-electron chi connectivity index (χ3n) is 3.50. The van der Waals surface area contributed by atoms with E-state index in [0.29, 0.717) is 19.6 Å². The molecule has 1 aromatic carbocycles. The summed E-state index contributed by atoms with van der Waals surface area (Å²) in [5.41, 5.74) is 0. The van der Waals surface area contributed by atoms with Crippen LogP contribution in [-0.2, 0) is 20.3 Å². The molecule has 1 aromatic heterocycles. The highest BCUT2D eigenvalue weighted by Gasteiger charge is 2.20. The van der Waals surface area contributed by atoms with E-state index < -0.39 is 9.84 Å². The van der Waals surface area contributed by atoms with Crippen molar-refractivity contribution in [1.29, 1.82) is 0 Å². The lowest BCUT2D eigenvalue weighted by Gasteiger charge is -2.15. The van der Waals surface area contributed by atoms with Crippen LogP contribution in [0.1, 0.15) is 22.7 Å². The number of carbonyl (C=O) groups excluding carboxylic acids is 1. The lowest BCUT2D eigenvalue weighted by molar-refractivity contribution is 0.0746. The van der Waals surface area contributed by atoms with Crippen LogP contribution >= 0.6 is 0 Å². The third-order valence-corrected chi connectivity index (χ3v) is 5.15. The number of hydrogen-bond donors (Lipinski definition) is 0. The Kier molecular flexibility index (Phi) is 6.16. The van der Waals surface area contributed by atoms with Crippen LogP contribution in [0.2, 0.25) is 0 Å². The molecule has 130 valence electrons. The molecule has 0 unspecified atom stereocenters. The minimum Gasteiger partial charge on any atom is -0.455 e. The van der Waals surface area contributed by atoms with Gasteiger partial charge >= 0.3 is 0 Å². The Hall–Kier alpha value is -2.12. The van der Waals surface area contributed by atoms with Crippen molar-refractivity contribution >= 4 is 15.7 Å². The molecule has 0 saturated heterocycles. The molecule has 0 N–H and O–H groups in total. The maximum absolute atomic E-state index is 12.3. The fraction of sp³-hybridized carbons (Fsp3) is 0.353. The lowest BCUT2D eigenvalue weighted by atomic mass is 10.3. The van der Waals surface area contributed by atoms with Gasteiger partial charge in [-0.3, -0.25) is 4.79 Å². The molecule has 6 nitrogen and oxygen atoms in total. The molecule has 2 aromatic rings. The molecule has 0 aliphatic rings. The summed E-state index contributed by atoms with van der Waals surface area (Å²) in [4.78, 5) is 14.0. The summed E-state index contributed by atoms with van der Waals surface area (Å²) in [7, 11) is -0.226. The quantitative estimate of drug-likeness (QED) is 0.682. The van der Waals surface area contributed by atoms with Crippen LogP contribution in [0.3, 0.4) is 0 Å². The number of carbonyl (C=O) groups is 1. The average molecular weight is 351 g/mol. The summed E-state index contributed by atoms with van der Waals surface area (Å²) in [6.45, 7) is 1.10. The number of nitrogens with zero attached hydrogens (tertiary/aromatic N) is 1. The second kappa shape index (κ2) is 8.12. The smallest absolute Gasteiger partial charge is 0.289 e. The van der Waals surface area contributed by atoms with E-state index in [0.717, 1.165) is 0 Å². The Morgan fingerprint density at radius 1 is 1.17 bits per heavy atom. The van der Waals surface area contributed by atoms with Gasteiger partial charge < -0.3 is 14.1 Å². The van der Waals surface area contributed by atoms with Crippen molar-refractivity contribution < 1.29 is 22.4 Å². The Morgan fingerprint density at radius 2 is 1.88 bits per heavy atom. The van der Waals surface area contributed by atoms with Crippen molar-refractivity contribution in [3.8, 4) is 0 Å². The molecule has 0 radical (unpaired) electrons. The average Bonchev–Trinajstić information content (AvgIpc) is 3.02. The van der Waals surface area contributed by atoms with Gasteiger partial charge in [0.2, 0.25) is 0 Å². The number of furan rings is 1. The minimum atomic E-state index is -3.50. The summed E-state index contributed by atoms with van der Waals surface area (Å²) in [6.07, 6.45) is 0.717. The lowest BCUT2D eigenvalue weighted by Crippen LogP contribution is -2.28. The van der Waals surface area contributed by atoms with E-state index >= 15 is 0 Å². The van der Waals surface area contributed by atoms with Gasteiger partial charge in [0.05, 0.1) is 4.90 Å². The maximum Gasteiger partial charge on any atom is 0.289 e. The summed E-state index contributed by atoms with van der Waals surface area (Å²) in [5, 5.41) is 0. The highest BCUT2D eigenvalue weighted by molar-refractivity contribution is 7.90. The Balaban J connectivity index is 2.04. The van der Waals surface area contributed by atoms with Crippen molar-refractivity contribution in [2.24, 2.45) is 0 Å². The van der Waals surface area contributed by atoms with Crippen LogP contribution in [0, 0.1) is 0 Å². The molecular formula is C17H21NO5S. The molecular weight excluding hydrogens is 330 g/mol. The molecule has 24 heavy (non-hydrogen) atoms. The molecule has 0 fully saturated rings. The highest BCUT2D eigenvalue weighted by Crippen LogP contribution is 2.18. The van der Waals surface area contributed by atoms with Crippen molar-refractivity contribution in [2.75, 3.05) is 27.3 Å². The second-order valence-electron chi connectivity index (χ2n) is 5.41. The molecule has 0 aliphatic heterocycles. The predicted molar refractivity (Wildman–Crippen MR) is 89.5 cm³/mol. The molecule has 1 amide bonds. The van der Waals surface area contributed by atoms with Crippen LogP contribution in [0.4, 0.5) is 0 Å². The first-order chi connectivity index (χ1) is 11.4. The summed E-state index contributed by atoms with van der Waals surface area (Å²) in [5.74, 6) is -0.187. The van der Waals surface area contributed by atoms with E-state index in [-0.39, 0.29) is 28.1 Å². The van der Waals surface area contributed by atoms with E-state index in [4.69, 9.17) is 9.15 Å². The van der Waals surface area contributed by atoms with E-state index in [1.165, 1.54) is 29.2 Å². The Labute approximate surface area is 141 Å². The first kappa shape index (κ1) is 18.2. The summed E-state index contributed by atoms with van der Waals surface area (Å²) >= 11 is 0. The first-order valence-corrected chi connectivity index (χ1v) is 9.20. The van der Waals surface area contributed by atoms with Crippen molar-refractivity contribution in [2.45, 2.75) is 17.1 Å². The van der Waals surface area contributed by atoms with E-state index in [1.807, 2.05) is 0 Å². The third kappa shape index (κ3) is 4.69. The van der Waals surface area contributed by atoms with Gasteiger partial charge in [-0.05, 0) is 30.7 Å². The van der Waals surface area contributed by atoms with Gasteiger partial charge in [-0.2, -0.15) is 0 Å². The van der Waals surface area contributed by atoms with Crippen molar-refractivity contribution in [1.82, 2.24) is 4.90 Å². The molecule has 0 aliphatic carbocycles. The first-order valence-electron chi connectivity index (χ1n) is 7.55. The number of benzene rings is 1. The SMILES string of the molecule is COCCCN(C)C(=O)c1ccc(CS(=O)(=O)c2ccccc2)o1. The van der Waals surface area contributed by atoms with Gasteiger partial charge in [0, 0.05) is 27.3 Å². The molecule has 0 saturated carbocycles. The Bertz CT molecular complexity index is 767. The summed E-state index contributed by atoms with van der Waals surface area (Å²) < 4.78 is 35.0. The van der Waals surface area contributed by atoms with Gasteiger partial charge in [0.25, 0.3) is 5.91 Å². The van der Waals surface area contributed by atoms with Gasteiger partial charge in [-0.25, -0.2) is 8.42 Å². The largest absolute Gasteiger partial charge is 0.455 e. The van der Waals surface area contributed by atoms with E-state index in [9.17, 15) is 13.2 Å². The van der Waals surface area contributed by atoms with Gasteiger partial charge in [0.1, 0.15) is 11.5 Å². The fourth-order valence-electron chi connectivity index (χ4n) is 2.20. The van der Waals surface area contributed by atoms with Crippen LogP contribution in [0.15, 0.2) is 51.8 Å². The standard InChI is InChI=1S/C17H21NO5S/c1-18(11-6-12-22-2)17(19)16-10-9-14(23-16)13-24(20,21)15-7-4-3-5-8-15/h3-5,7-10H,6,11-13H2,1-2H3. The highest BCUT2D eigenvalue weighted by atomic mass is 32.2. The number of sulfone groups is 1.